The van der Waals surface area contributed by atoms with E-state index in [0.717, 1.165) is 11.8 Å². The maximum absolute atomic E-state index is 13.7. The van der Waals surface area contributed by atoms with Crippen molar-refractivity contribution < 1.29 is 8.78 Å². The Labute approximate surface area is 102 Å². The predicted molar refractivity (Wildman–Crippen MR) is 64.0 cm³/mol. The van der Waals surface area contributed by atoms with E-state index in [9.17, 15) is 8.78 Å². The Hall–Kier alpha value is -1.33. The highest BCUT2D eigenvalue weighted by molar-refractivity contribution is 7.07. The van der Waals surface area contributed by atoms with Crippen LogP contribution < -0.4 is 5.32 Å². The molecule has 0 aliphatic heterocycles. The van der Waals surface area contributed by atoms with Crippen LogP contribution in [0.5, 0.6) is 0 Å². The van der Waals surface area contributed by atoms with Crippen LogP contribution in [-0.2, 0) is 0 Å². The van der Waals surface area contributed by atoms with Gasteiger partial charge in [-0.3, -0.25) is 0 Å². The van der Waals surface area contributed by atoms with E-state index in [4.69, 9.17) is 0 Å². The topological polar surface area (TPSA) is 24.9 Å². The second kappa shape index (κ2) is 5.33. The maximum atomic E-state index is 13.7. The third-order valence-corrected chi connectivity index (χ3v) is 3.03. The molecule has 0 radical (unpaired) electrons. The second-order valence-corrected chi connectivity index (χ2v) is 4.29. The largest absolute Gasteiger partial charge is 0.305 e. The van der Waals surface area contributed by atoms with Gasteiger partial charge in [0, 0.05) is 17.0 Å². The minimum Gasteiger partial charge on any atom is -0.305 e. The number of nitrogens with one attached hydrogen (secondary N) is 1. The summed E-state index contributed by atoms with van der Waals surface area (Å²) in [4.78, 5) is 4.17. The Morgan fingerprint density at radius 1 is 1.41 bits per heavy atom. The molecule has 0 saturated heterocycles. The molecule has 17 heavy (non-hydrogen) atoms. The SMILES string of the molecule is CCNC(c1cscn1)c1ccc(F)cc1F. The van der Waals surface area contributed by atoms with Crippen molar-refractivity contribution >= 4 is 11.3 Å². The molecule has 1 unspecified atom stereocenters. The zero-order chi connectivity index (χ0) is 12.3. The van der Waals surface area contributed by atoms with Gasteiger partial charge in [-0.1, -0.05) is 13.0 Å². The van der Waals surface area contributed by atoms with Crippen LogP contribution in [0.15, 0.2) is 29.1 Å². The summed E-state index contributed by atoms with van der Waals surface area (Å²) in [6.07, 6.45) is 0. The first kappa shape index (κ1) is 12.1. The summed E-state index contributed by atoms with van der Waals surface area (Å²) in [7, 11) is 0. The van der Waals surface area contributed by atoms with Gasteiger partial charge in [0.25, 0.3) is 0 Å². The highest BCUT2D eigenvalue weighted by Gasteiger charge is 2.18. The average Bonchev–Trinajstić information content (AvgIpc) is 2.80. The minimum atomic E-state index is -0.570. The van der Waals surface area contributed by atoms with Crippen LogP contribution in [0, 0.1) is 11.6 Å². The fourth-order valence-electron chi connectivity index (χ4n) is 1.68. The van der Waals surface area contributed by atoms with Crippen molar-refractivity contribution in [3.63, 3.8) is 0 Å². The van der Waals surface area contributed by atoms with Crippen LogP contribution in [0.1, 0.15) is 24.2 Å². The third kappa shape index (κ3) is 2.68. The molecule has 1 atom stereocenters. The van der Waals surface area contributed by atoms with E-state index < -0.39 is 11.6 Å². The zero-order valence-electron chi connectivity index (χ0n) is 9.28. The van der Waals surface area contributed by atoms with Crippen molar-refractivity contribution in [3.8, 4) is 0 Å². The summed E-state index contributed by atoms with van der Waals surface area (Å²) in [5.74, 6) is -1.12. The summed E-state index contributed by atoms with van der Waals surface area (Å²) in [6.45, 7) is 2.61. The van der Waals surface area contributed by atoms with Gasteiger partial charge in [0.05, 0.1) is 17.2 Å². The molecular weight excluding hydrogens is 242 g/mol. The van der Waals surface area contributed by atoms with Crippen LogP contribution in [0.3, 0.4) is 0 Å². The lowest BCUT2D eigenvalue weighted by Crippen LogP contribution is -2.23. The monoisotopic (exact) mass is 254 g/mol. The van der Waals surface area contributed by atoms with Crippen LogP contribution in [0.25, 0.3) is 0 Å². The van der Waals surface area contributed by atoms with Crippen molar-refractivity contribution in [2.75, 3.05) is 6.54 Å². The van der Waals surface area contributed by atoms with Gasteiger partial charge >= 0.3 is 0 Å². The van der Waals surface area contributed by atoms with Crippen molar-refractivity contribution in [1.29, 1.82) is 0 Å². The number of nitrogens with zero attached hydrogens (tertiary/aromatic N) is 1. The Kier molecular flexibility index (Phi) is 3.81. The summed E-state index contributed by atoms with van der Waals surface area (Å²) < 4.78 is 26.6. The molecule has 1 heterocycles. The Morgan fingerprint density at radius 2 is 2.24 bits per heavy atom. The van der Waals surface area contributed by atoms with Gasteiger partial charge in [0.1, 0.15) is 11.6 Å². The van der Waals surface area contributed by atoms with E-state index in [-0.39, 0.29) is 6.04 Å². The molecular formula is C12H12F2N2S. The second-order valence-electron chi connectivity index (χ2n) is 3.57. The molecule has 1 N–H and O–H groups in total. The van der Waals surface area contributed by atoms with Crippen LogP contribution in [-0.4, -0.2) is 11.5 Å². The Morgan fingerprint density at radius 3 is 2.82 bits per heavy atom. The van der Waals surface area contributed by atoms with Gasteiger partial charge < -0.3 is 5.32 Å². The molecule has 0 bridgehead atoms. The van der Waals surface area contributed by atoms with Gasteiger partial charge in [-0.25, -0.2) is 13.8 Å². The summed E-state index contributed by atoms with van der Waals surface area (Å²) in [5, 5.41) is 5.00. The summed E-state index contributed by atoms with van der Waals surface area (Å²) in [5.41, 5.74) is 2.86. The normalized spacial score (nSPS) is 12.6. The van der Waals surface area contributed by atoms with E-state index in [2.05, 4.69) is 10.3 Å². The fraction of sp³-hybridized carbons (Fsp3) is 0.250. The minimum absolute atomic E-state index is 0.327. The van der Waals surface area contributed by atoms with Crippen molar-refractivity contribution in [1.82, 2.24) is 10.3 Å². The molecule has 0 aliphatic rings. The highest BCUT2D eigenvalue weighted by Crippen LogP contribution is 2.24. The smallest absolute Gasteiger partial charge is 0.131 e. The van der Waals surface area contributed by atoms with Gasteiger partial charge in [-0.15, -0.1) is 11.3 Å². The number of hydrogen-bond donors (Lipinski definition) is 1. The zero-order valence-corrected chi connectivity index (χ0v) is 10.1. The Balaban J connectivity index is 2.39. The van der Waals surface area contributed by atoms with E-state index in [1.165, 1.54) is 23.5 Å². The van der Waals surface area contributed by atoms with Gasteiger partial charge in [-0.05, 0) is 12.6 Å². The molecule has 2 rings (SSSR count). The number of thiazole rings is 1. The third-order valence-electron chi connectivity index (χ3n) is 2.43. The lowest BCUT2D eigenvalue weighted by Gasteiger charge is -2.16. The molecule has 0 saturated carbocycles. The van der Waals surface area contributed by atoms with Gasteiger partial charge in [-0.2, -0.15) is 0 Å². The number of hydrogen-bond acceptors (Lipinski definition) is 3. The first-order valence-electron chi connectivity index (χ1n) is 5.28. The first-order valence-corrected chi connectivity index (χ1v) is 6.23. The molecule has 0 spiro atoms. The first-order chi connectivity index (χ1) is 8.22. The average molecular weight is 254 g/mol. The van der Waals surface area contributed by atoms with E-state index >= 15 is 0 Å². The van der Waals surface area contributed by atoms with Crippen LogP contribution in [0.4, 0.5) is 8.78 Å². The fourth-order valence-corrected chi connectivity index (χ4v) is 2.26. The number of benzene rings is 1. The van der Waals surface area contributed by atoms with E-state index in [1.807, 2.05) is 12.3 Å². The van der Waals surface area contributed by atoms with Crippen molar-refractivity contribution in [2.24, 2.45) is 0 Å². The molecule has 90 valence electrons. The predicted octanol–water partition coefficient (Wildman–Crippen LogP) is 3.12. The number of aromatic nitrogens is 1. The van der Waals surface area contributed by atoms with Crippen molar-refractivity contribution in [3.05, 3.63) is 52.0 Å². The number of halogens is 2. The molecule has 0 amide bonds. The quantitative estimate of drug-likeness (QED) is 0.906. The maximum Gasteiger partial charge on any atom is 0.131 e. The Bertz CT molecular complexity index is 485. The lowest BCUT2D eigenvalue weighted by atomic mass is 10.0. The van der Waals surface area contributed by atoms with E-state index in [0.29, 0.717) is 12.1 Å². The van der Waals surface area contributed by atoms with Crippen LogP contribution >= 0.6 is 11.3 Å². The van der Waals surface area contributed by atoms with Crippen molar-refractivity contribution in [2.45, 2.75) is 13.0 Å². The molecule has 2 aromatic rings. The summed E-state index contributed by atoms with van der Waals surface area (Å²) in [6, 6.07) is 3.28. The lowest BCUT2D eigenvalue weighted by molar-refractivity contribution is 0.537. The molecule has 2 nitrogen and oxygen atoms in total. The summed E-state index contributed by atoms with van der Waals surface area (Å²) >= 11 is 1.45. The van der Waals surface area contributed by atoms with Gasteiger partial charge in [0.15, 0.2) is 0 Å². The molecule has 5 heteroatoms. The standard InChI is InChI=1S/C12H12F2N2S/c1-2-15-12(11-6-17-7-16-11)9-4-3-8(13)5-10(9)14/h3-7,12,15H,2H2,1H3. The number of rotatable bonds is 4. The van der Waals surface area contributed by atoms with Crippen LogP contribution in [0.2, 0.25) is 0 Å². The van der Waals surface area contributed by atoms with E-state index in [1.54, 1.807) is 5.51 Å². The molecule has 1 aromatic carbocycles. The molecule has 0 fully saturated rings. The molecule has 0 aliphatic carbocycles. The molecule has 1 aromatic heterocycles. The highest BCUT2D eigenvalue weighted by atomic mass is 32.1. The van der Waals surface area contributed by atoms with Gasteiger partial charge in [0.2, 0.25) is 0 Å².